The van der Waals surface area contributed by atoms with E-state index in [0.29, 0.717) is 24.4 Å². The van der Waals surface area contributed by atoms with Gasteiger partial charge >= 0.3 is 0 Å². The average molecular weight is 449 g/mol. The Hall–Kier alpha value is -2.63. The van der Waals surface area contributed by atoms with Gasteiger partial charge in [0.1, 0.15) is 0 Å². The highest BCUT2D eigenvalue weighted by molar-refractivity contribution is 5.95. The highest BCUT2D eigenvalue weighted by Gasteiger charge is 2.30. The predicted molar refractivity (Wildman–Crippen MR) is 128 cm³/mol. The molecule has 2 aromatic rings. The Kier molecular flexibility index (Phi) is 6.79. The smallest absolute Gasteiger partial charge is 0.257 e. The van der Waals surface area contributed by atoms with Gasteiger partial charge in [0.2, 0.25) is 5.91 Å². The Morgan fingerprint density at radius 2 is 1.70 bits per heavy atom. The highest BCUT2D eigenvalue weighted by Crippen LogP contribution is 2.32. The minimum Gasteiger partial charge on any atom is -0.343 e. The van der Waals surface area contributed by atoms with E-state index in [1.807, 2.05) is 15.9 Å². The number of likely N-dealkylation sites (tertiary alicyclic amines) is 1. The number of piperidine rings is 1. The zero-order chi connectivity index (χ0) is 22.6. The van der Waals surface area contributed by atoms with Crippen molar-refractivity contribution < 1.29 is 9.59 Å². The number of hydrogen-bond donors (Lipinski definition) is 1. The number of benzene rings is 1. The van der Waals surface area contributed by atoms with E-state index in [1.165, 1.54) is 43.2 Å². The van der Waals surface area contributed by atoms with Gasteiger partial charge in [-0.15, -0.1) is 0 Å². The first-order valence-electron chi connectivity index (χ1n) is 12.9. The summed E-state index contributed by atoms with van der Waals surface area (Å²) in [4.78, 5) is 30.1. The van der Waals surface area contributed by atoms with Crippen LogP contribution in [-0.4, -0.2) is 51.4 Å². The van der Waals surface area contributed by atoms with Crippen molar-refractivity contribution in [2.75, 3.05) is 19.6 Å². The van der Waals surface area contributed by atoms with Gasteiger partial charge in [-0.2, -0.15) is 5.10 Å². The molecule has 3 heterocycles. The molecule has 33 heavy (non-hydrogen) atoms. The lowest BCUT2D eigenvalue weighted by Crippen LogP contribution is -2.39. The third-order valence-electron chi connectivity index (χ3n) is 8.06. The van der Waals surface area contributed by atoms with Crippen LogP contribution < -0.4 is 0 Å². The first kappa shape index (κ1) is 22.2. The topological polar surface area (TPSA) is 69.3 Å². The molecule has 2 amide bonds. The molecule has 1 N–H and O–H groups in total. The van der Waals surface area contributed by atoms with Crippen molar-refractivity contribution in [3.63, 3.8) is 0 Å². The average Bonchev–Trinajstić information content (AvgIpc) is 3.37. The largest absolute Gasteiger partial charge is 0.343 e. The molecule has 0 unspecified atom stereocenters. The molecular weight excluding hydrogens is 412 g/mol. The third-order valence-corrected chi connectivity index (χ3v) is 8.06. The van der Waals surface area contributed by atoms with Gasteiger partial charge in [-0.3, -0.25) is 14.7 Å². The first-order valence-corrected chi connectivity index (χ1v) is 12.9. The number of aromatic nitrogens is 2. The zero-order valence-electron chi connectivity index (χ0n) is 19.6. The molecular formula is C27H36N4O2. The van der Waals surface area contributed by atoms with Crippen LogP contribution in [0.15, 0.2) is 30.5 Å². The van der Waals surface area contributed by atoms with Gasteiger partial charge in [0.25, 0.3) is 5.91 Å². The summed E-state index contributed by atoms with van der Waals surface area (Å²) >= 11 is 0. The van der Waals surface area contributed by atoms with Crippen LogP contribution in [0.25, 0.3) is 0 Å². The Morgan fingerprint density at radius 3 is 2.48 bits per heavy atom. The van der Waals surface area contributed by atoms with Crippen molar-refractivity contribution in [1.29, 1.82) is 0 Å². The molecule has 2 fully saturated rings. The van der Waals surface area contributed by atoms with Crippen LogP contribution >= 0.6 is 0 Å². The van der Waals surface area contributed by atoms with Crippen LogP contribution in [0.2, 0.25) is 0 Å². The van der Waals surface area contributed by atoms with Gasteiger partial charge in [0.15, 0.2) is 0 Å². The number of aromatic amines is 1. The molecule has 2 aliphatic heterocycles. The number of fused-ring (bicyclic) bond motifs is 1. The van der Waals surface area contributed by atoms with E-state index in [9.17, 15) is 9.59 Å². The number of carbonyl (C=O) groups is 2. The Morgan fingerprint density at radius 1 is 0.939 bits per heavy atom. The van der Waals surface area contributed by atoms with E-state index >= 15 is 0 Å². The highest BCUT2D eigenvalue weighted by atomic mass is 16.2. The second kappa shape index (κ2) is 10.1. The molecule has 1 aliphatic carbocycles. The number of amides is 2. The van der Waals surface area contributed by atoms with Crippen LogP contribution in [-0.2, 0) is 17.8 Å². The fraction of sp³-hybridized carbons (Fsp3) is 0.593. The molecule has 3 aliphatic rings. The van der Waals surface area contributed by atoms with Crippen molar-refractivity contribution in [2.45, 2.75) is 76.7 Å². The van der Waals surface area contributed by atoms with E-state index < -0.39 is 0 Å². The van der Waals surface area contributed by atoms with Crippen LogP contribution in [0, 0.1) is 5.92 Å². The zero-order valence-corrected chi connectivity index (χ0v) is 19.6. The van der Waals surface area contributed by atoms with Crippen molar-refractivity contribution in [3.8, 4) is 0 Å². The number of carbonyl (C=O) groups excluding carboxylic acids is 2. The minimum absolute atomic E-state index is 0.0687. The molecule has 1 saturated heterocycles. The third kappa shape index (κ3) is 4.99. The Bertz CT molecular complexity index is 970. The number of nitrogens with zero attached hydrogens (tertiary/aromatic N) is 3. The van der Waals surface area contributed by atoms with Gasteiger partial charge in [0.05, 0.1) is 17.5 Å². The van der Waals surface area contributed by atoms with Crippen LogP contribution in [0.3, 0.4) is 0 Å². The molecule has 1 saturated carbocycles. The quantitative estimate of drug-likeness (QED) is 0.722. The molecule has 0 spiro atoms. The minimum atomic E-state index is 0.0687. The standard InChI is InChI=1S/C27H36N4O2/c32-25(11-10-20-6-2-1-3-7-20)30-15-13-22(14-16-30)26-24(18-28-29-26)27(33)31-17-12-21-8-4-5-9-23(21)19-31/h4-5,8-9,18,20,22H,1-3,6-7,10-17,19H2,(H,28,29). The predicted octanol–water partition coefficient (Wildman–Crippen LogP) is 4.67. The van der Waals surface area contributed by atoms with Gasteiger partial charge < -0.3 is 9.80 Å². The number of hydrogen-bond acceptors (Lipinski definition) is 3. The van der Waals surface area contributed by atoms with Gasteiger partial charge in [-0.05, 0) is 42.7 Å². The van der Waals surface area contributed by atoms with Crippen molar-refractivity contribution in [1.82, 2.24) is 20.0 Å². The van der Waals surface area contributed by atoms with E-state index in [0.717, 1.165) is 56.9 Å². The monoisotopic (exact) mass is 448 g/mol. The maximum atomic E-state index is 13.3. The summed E-state index contributed by atoms with van der Waals surface area (Å²) in [7, 11) is 0. The Balaban J connectivity index is 1.16. The van der Waals surface area contributed by atoms with Gasteiger partial charge in [-0.1, -0.05) is 56.4 Å². The molecule has 6 nitrogen and oxygen atoms in total. The first-order chi connectivity index (χ1) is 16.2. The van der Waals surface area contributed by atoms with Gasteiger partial charge in [-0.25, -0.2) is 0 Å². The second-order valence-electron chi connectivity index (χ2n) is 10.1. The van der Waals surface area contributed by atoms with Crippen molar-refractivity contribution in [3.05, 3.63) is 52.8 Å². The number of H-pyrrole nitrogens is 1. The fourth-order valence-electron chi connectivity index (χ4n) is 6.00. The maximum absolute atomic E-state index is 13.3. The summed E-state index contributed by atoms with van der Waals surface area (Å²) in [6.07, 6.45) is 12.7. The number of rotatable bonds is 5. The van der Waals surface area contributed by atoms with Crippen molar-refractivity contribution in [2.24, 2.45) is 5.92 Å². The molecule has 176 valence electrons. The van der Waals surface area contributed by atoms with Crippen LogP contribution in [0.4, 0.5) is 0 Å². The molecule has 1 aromatic carbocycles. The van der Waals surface area contributed by atoms with E-state index in [-0.39, 0.29) is 11.8 Å². The Labute approximate surface area is 196 Å². The van der Waals surface area contributed by atoms with E-state index in [2.05, 4.69) is 28.4 Å². The lowest BCUT2D eigenvalue weighted by atomic mass is 9.86. The van der Waals surface area contributed by atoms with E-state index in [4.69, 9.17) is 0 Å². The summed E-state index contributed by atoms with van der Waals surface area (Å²) < 4.78 is 0. The lowest BCUT2D eigenvalue weighted by Gasteiger charge is -2.33. The maximum Gasteiger partial charge on any atom is 0.257 e. The van der Waals surface area contributed by atoms with Gasteiger partial charge in [0, 0.05) is 38.5 Å². The van der Waals surface area contributed by atoms with E-state index in [1.54, 1.807) is 6.20 Å². The molecule has 0 radical (unpaired) electrons. The normalized spacial score (nSPS) is 20.0. The molecule has 0 bridgehead atoms. The second-order valence-corrected chi connectivity index (χ2v) is 10.1. The summed E-state index contributed by atoms with van der Waals surface area (Å²) in [5.74, 6) is 1.39. The van der Waals surface area contributed by atoms with Crippen molar-refractivity contribution >= 4 is 11.8 Å². The SMILES string of the molecule is O=C(CCC1CCCCC1)N1CCC(c2[nH]ncc2C(=O)N2CCc3ccccc3C2)CC1. The number of nitrogens with one attached hydrogen (secondary N) is 1. The molecule has 5 rings (SSSR count). The van der Waals surface area contributed by atoms with Crippen LogP contribution in [0.1, 0.15) is 90.9 Å². The fourth-order valence-corrected chi connectivity index (χ4v) is 6.00. The molecule has 0 atom stereocenters. The molecule has 1 aromatic heterocycles. The summed E-state index contributed by atoms with van der Waals surface area (Å²) in [5.41, 5.74) is 4.24. The lowest BCUT2D eigenvalue weighted by molar-refractivity contribution is -0.132. The molecule has 6 heteroatoms. The summed E-state index contributed by atoms with van der Waals surface area (Å²) in [6, 6.07) is 8.38. The van der Waals surface area contributed by atoms with Crippen LogP contribution in [0.5, 0.6) is 0 Å². The summed E-state index contributed by atoms with van der Waals surface area (Å²) in [6.45, 7) is 2.96. The summed E-state index contributed by atoms with van der Waals surface area (Å²) in [5, 5.41) is 7.37.